The highest BCUT2D eigenvalue weighted by Gasteiger charge is 2.10. The molecular formula is C14H13ClN2O3S. The van der Waals surface area contributed by atoms with Gasteiger partial charge in [-0.15, -0.1) is 0 Å². The maximum atomic E-state index is 12.0. The van der Waals surface area contributed by atoms with Crippen LogP contribution in [0.3, 0.4) is 0 Å². The number of carbonyl (C=O) groups is 1. The zero-order valence-electron chi connectivity index (χ0n) is 11.1. The second kappa shape index (κ2) is 5.75. The Balaban J connectivity index is 2.18. The summed E-state index contributed by atoms with van der Waals surface area (Å²) < 4.78 is 22.7. The number of carbonyl (C=O) groups excluding carboxylic acids is 1. The zero-order chi connectivity index (χ0) is 15.6. The molecule has 2 rings (SSSR count). The summed E-state index contributed by atoms with van der Waals surface area (Å²) >= 11 is 5.80. The molecule has 1 amide bonds. The van der Waals surface area contributed by atoms with Crippen molar-refractivity contribution in [3.8, 4) is 0 Å². The summed E-state index contributed by atoms with van der Waals surface area (Å²) in [6, 6.07) is 10.4. The molecule has 7 heteroatoms. The average molecular weight is 325 g/mol. The highest BCUT2D eigenvalue weighted by molar-refractivity contribution is 7.90. The minimum absolute atomic E-state index is 0.162. The lowest BCUT2D eigenvalue weighted by Crippen LogP contribution is -2.12. The van der Waals surface area contributed by atoms with Gasteiger partial charge in [0.15, 0.2) is 9.84 Å². The fourth-order valence-electron chi connectivity index (χ4n) is 1.68. The van der Waals surface area contributed by atoms with Crippen LogP contribution in [0.5, 0.6) is 0 Å². The first-order chi connectivity index (χ1) is 9.77. The van der Waals surface area contributed by atoms with E-state index in [1.165, 1.54) is 24.3 Å². The Bertz CT molecular complexity index is 786. The largest absolute Gasteiger partial charge is 0.397 e. The van der Waals surface area contributed by atoms with Crippen LogP contribution in [0, 0.1) is 0 Å². The minimum atomic E-state index is -3.28. The number of sulfone groups is 1. The fraction of sp³-hybridized carbons (Fsp3) is 0.0714. The second-order valence-corrected chi connectivity index (χ2v) is 6.91. The van der Waals surface area contributed by atoms with Crippen molar-refractivity contribution in [3.05, 3.63) is 53.1 Å². The van der Waals surface area contributed by atoms with E-state index < -0.39 is 9.84 Å². The number of rotatable bonds is 3. The van der Waals surface area contributed by atoms with E-state index in [-0.39, 0.29) is 10.8 Å². The SMILES string of the molecule is CS(=O)(=O)c1ccc(C(=O)Nc2ccc(Cl)c(N)c2)cc1. The highest BCUT2D eigenvalue weighted by atomic mass is 35.5. The van der Waals surface area contributed by atoms with Gasteiger partial charge in [0.25, 0.3) is 5.91 Å². The third kappa shape index (κ3) is 3.74. The predicted octanol–water partition coefficient (Wildman–Crippen LogP) is 2.58. The van der Waals surface area contributed by atoms with Crippen molar-refractivity contribution in [3.63, 3.8) is 0 Å². The van der Waals surface area contributed by atoms with Crippen LogP contribution >= 0.6 is 11.6 Å². The van der Waals surface area contributed by atoms with Crippen LogP contribution < -0.4 is 11.1 Å². The standard InChI is InChI=1S/C14H13ClN2O3S/c1-21(19,20)11-5-2-9(3-6-11)14(18)17-10-4-7-12(15)13(16)8-10/h2-8H,16H2,1H3,(H,17,18). The molecule has 0 bridgehead atoms. The zero-order valence-corrected chi connectivity index (χ0v) is 12.7. The Labute approximate surface area is 127 Å². The predicted molar refractivity (Wildman–Crippen MR) is 83.4 cm³/mol. The second-order valence-electron chi connectivity index (χ2n) is 4.49. The summed E-state index contributed by atoms with van der Waals surface area (Å²) in [5, 5.41) is 3.07. The summed E-state index contributed by atoms with van der Waals surface area (Å²) in [6.45, 7) is 0. The molecule has 0 fully saturated rings. The van der Waals surface area contributed by atoms with Gasteiger partial charge in [-0.25, -0.2) is 8.42 Å². The van der Waals surface area contributed by atoms with E-state index in [1.807, 2.05) is 0 Å². The monoisotopic (exact) mass is 324 g/mol. The Morgan fingerprint density at radius 1 is 1.14 bits per heavy atom. The smallest absolute Gasteiger partial charge is 0.255 e. The van der Waals surface area contributed by atoms with Gasteiger partial charge in [-0.2, -0.15) is 0 Å². The van der Waals surface area contributed by atoms with Gasteiger partial charge >= 0.3 is 0 Å². The molecule has 3 N–H and O–H groups in total. The number of amides is 1. The molecule has 0 aromatic heterocycles. The van der Waals surface area contributed by atoms with Gasteiger partial charge in [0, 0.05) is 17.5 Å². The Kier molecular flexibility index (Phi) is 4.20. The lowest BCUT2D eigenvalue weighted by atomic mass is 10.2. The summed E-state index contributed by atoms with van der Waals surface area (Å²) in [5.74, 6) is -0.364. The molecular weight excluding hydrogens is 312 g/mol. The molecule has 0 radical (unpaired) electrons. The first-order valence-electron chi connectivity index (χ1n) is 5.94. The number of benzene rings is 2. The van der Waals surface area contributed by atoms with E-state index in [9.17, 15) is 13.2 Å². The van der Waals surface area contributed by atoms with Crippen molar-refractivity contribution >= 4 is 38.7 Å². The molecule has 0 aliphatic carbocycles. The number of halogens is 1. The van der Waals surface area contributed by atoms with Crippen molar-refractivity contribution in [2.45, 2.75) is 4.90 Å². The molecule has 2 aromatic rings. The highest BCUT2D eigenvalue weighted by Crippen LogP contribution is 2.22. The van der Waals surface area contributed by atoms with Gasteiger partial charge in [0.2, 0.25) is 0 Å². The van der Waals surface area contributed by atoms with E-state index in [1.54, 1.807) is 18.2 Å². The number of nitrogens with one attached hydrogen (secondary N) is 1. The Morgan fingerprint density at radius 3 is 2.29 bits per heavy atom. The van der Waals surface area contributed by atoms with Crippen LogP contribution in [0.15, 0.2) is 47.4 Å². The number of hydrogen-bond donors (Lipinski definition) is 2. The van der Waals surface area contributed by atoms with E-state index in [4.69, 9.17) is 17.3 Å². The van der Waals surface area contributed by atoms with E-state index in [0.29, 0.717) is 22.0 Å². The van der Waals surface area contributed by atoms with Gasteiger partial charge < -0.3 is 11.1 Å². The van der Waals surface area contributed by atoms with Crippen LogP contribution in [0.25, 0.3) is 0 Å². The molecule has 0 atom stereocenters. The van der Waals surface area contributed by atoms with Gasteiger partial charge in [-0.1, -0.05) is 11.6 Å². The Hall–Kier alpha value is -2.05. The van der Waals surface area contributed by atoms with Crippen molar-refractivity contribution in [2.75, 3.05) is 17.3 Å². The number of nitrogen functional groups attached to an aromatic ring is 1. The molecule has 0 saturated carbocycles. The minimum Gasteiger partial charge on any atom is -0.397 e. The summed E-state index contributed by atoms with van der Waals surface area (Å²) in [4.78, 5) is 12.2. The normalized spacial score (nSPS) is 11.1. The topological polar surface area (TPSA) is 89.3 Å². The van der Waals surface area contributed by atoms with Crippen LogP contribution in [0.2, 0.25) is 5.02 Å². The van der Waals surface area contributed by atoms with Crippen molar-refractivity contribution in [1.29, 1.82) is 0 Å². The van der Waals surface area contributed by atoms with E-state index in [2.05, 4.69) is 5.32 Å². The van der Waals surface area contributed by atoms with Crippen LogP contribution in [0.4, 0.5) is 11.4 Å². The number of anilines is 2. The summed E-state index contributed by atoms with van der Waals surface area (Å²) in [6.07, 6.45) is 1.11. The maximum absolute atomic E-state index is 12.0. The molecule has 0 spiro atoms. The van der Waals surface area contributed by atoms with Crippen LogP contribution in [0.1, 0.15) is 10.4 Å². The molecule has 0 aliphatic rings. The van der Waals surface area contributed by atoms with Crippen molar-refractivity contribution in [2.24, 2.45) is 0 Å². The molecule has 110 valence electrons. The quantitative estimate of drug-likeness (QED) is 0.849. The number of nitrogens with two attached hydrogens (primary N) is 1. The van der Waals surface area contributed by atoms with E-state index in [0.717, 1.165) is 6.26 Å². The lowest BCUT2D eigenvalue weighted by Gasteiger charge is -2.07. The summed E-state index contributed by atoms with van der Waals surface area (Å²) in [7, 11) is -3.28. The average Bonchev–Trinajstić information content (AvgIpc) is 2.42. The molecule has 0 heterocycles. The van der Waals surface area contributed by atoms with Crippen molar-refractivity contribution in [1.82, 2.24) is 0 Å². The molecule has 2 aromatic carbocycles. The van der Waals surface area contributed by atoms with Gasteiger partial charge in [0.1, 0.15) is 0 Å². The van der Waals surface area contributed by atoms with Crippen LogP contribution in [-0.2, 0) is 9.84 Å². The molecule has 0 aliphatic heterocycles. The van der Waals surface area contributed by atoms with Crippen LogP contribution in [-0.4, -0.2) is 20.6 Å². The molecule has 0 unspecified atom stereocenters. The van der Waals surface area contributed by atoms with Crippen molar-refractivity contribution < 1.29 is 13.2 Å². The van der Waals surface area contributed by atoms with E-state index >= 15 is 0 Å². The fourth-order valence-corrected chi connectivity index (χ4v) is 2.43. The van der Waals surface area contributed by atoms with Gasteiger partial charge in [-0.3, -0.25) is 4.79 Å². The molecule has 0 saturated heterocycles. The van der Waals surface area contributed by atoms with Gasteiger partial charge in [-0.05, 0) is 42.5 Å². The first-order valence-corrected chi connectivity index (χ1v) is 8.21. The lowest BCUT2D eigenvalue weighted by molar-refractivity contribution is 0.102. The third-order valence-electron chi connectivity index (χ3n) is 2.80. The molecule has 5 nitrogen and oxygen atoms in total. The first kappa shape index (κ1) is 15.3. The third-order valence-corrected chi connectivity index (χ3v) is 4.27. The number of hydrogen-bond acceptors (Lipinski definition) is 4. The summed E-state index contributed by atoms with van der Waals surface area (Å²) in [5.41, 5.74) is 6.87. The van der Waals surface area contributed by atoms with Gasteiger partial charge in [0.05, 0.1) is 15.6 Å². The maximum Gasteiger partial charge on any atom is 0.255 e. The Morgan fingerprint density at radius 2 is 1.76 bits per heavy atom. The molecule has 21 heavy (non-hydrogen) atoms.